The summed E-state index contributed by atoms with van der Waals surface area (Å²) in [6, 6.07) is 7.71. The van der Waals surface area contributed by atoms with Crippen molar-refractivity contribution in [3.8, 4) is 11.3 Å². The smallest absolute Gasteiger partial charge is 0.259 e. The molecule has 1 amide bonds. The SMILES string of the molecule is Cc1noc2nc(-c3ccc(F)cc3)cc(C(=O)NCCC3CCCNC3)c12.Cl. The summed E-state index contributed by atoms with van der Waals surface area (Å²) in [6.07, 6.45) is 3.33. The largest absolute Gasteiger partial charge is 0.352 e. The molecule has 1 aliphatic rings. The zero-order valence-electron chi connectivity index (χ0n) is 16.2. The van der Waals surface area contributed by atoms with Crippen LogP contribution >= 0.6 is 12.4 Å². The van der Waals surface area contributed by atoms with Gasteiger partial charge in [0.25, 0.3) is 11.6 Å². The van der Waals surface area contributed by atoms with Crippen molar-refractivity contribution in [1.82, 2.24) is 20.8 Å². The summed E-state index contributed by atoms with van der Waals surface area (Å²) in [6.45, 7) is 4.49. The maximum Gasteiger partial charge on any atom is 0.259 e. The molecule has 3 aromatic rings. The van der Waals surface area contributed by atoms with Crippen LogP contribution in [-0.2, 0) is 0 Å². The molecule has 154 valence electrons. The number of nitrogens with zero attached hydrogens (tertiary/aromatic N) is 2. The molecule has 6 nitrogen and oxygen atoms in total. The molecule has 1 fully saturated rings. The van der Waals surface area contributed by atoms with Crippen LogP contribution in [-0.4, -0.2) is 35.7 Å². The van der Waals surface area contributed by atoms with Gasteiger partial charge < -0.3 is 15.2 Å². The molecular formula is C21H24ClFN4O2. The molecule has 0 radical (unpaired) electrons. The first-order valence-corrected chi connectivity index (χ1v) is 9.63. The van der Waals surface area contributed by atoms with E-state index in [0.29, 0.717) is 46.1 Å². The van der Waals surface area contributed by atoms with E-state index in [0.717, 1.165) is 19.5 Å². The number of benzene rings is 1. The van der Waals surface area contributed by atoms with Gasteiger partial charge in [0.15, 0.2) is 0 Å². The zero-order chi connectivity index (χ0) is 19.5. The second-order valence-electron chi connectivity index (χ2n) is 7.27. The van der Waals surface area contributed by atoms with Crippen LogP contribution in [0.4, 0.5) is 4.39 Å². The van der Waals surface area contributed by atoms with Crippen LogP contribution in [0.25, 0.3) is 22.4 Å². The average molecular weight is 419 g/mol. The Morgan fingerprint density at radius 3 is 2.86 bits per heavy atom. The molecular weight excluding hydrogens is 395 g/mol. The van der Waals surface area contributed by atoms with Gasteiger partial charge in [-0.2, -0.15) is 0 Å². The van der Waals surface area contributed by atoms with E-state index in [1.807, 2.05) is 0 Å². The van der Waals surface area contributed by atoms with Crippen LogP contribution < -0.4 is 10.6 Å². The number of amides is 1. The Balaban J connectivity index is 0.00000240. The monoisotopic (exact) mass is 418 g/mol. The standard InChI is InChI=1S/C21H23FN4O2.ClH/c1-13-19-17(20(27)24-10-8-14-3-2-9-23-12-14)11-18(25-21(19)28-26-13)15-4-6-16(22)7-5-15;/h4-7,11,14,23H,2-3,8-10,12H2,1H3,(H,24,27);1H. The van der Waals surface area contributed by atoms with Crippen molar-refractivity contribution in [2.75, 3.05) is 19.6 Å². The number of fused-ring (bicyclic) bond motifs is 1. The summed E-state index contributed by atoms with van der Waals surface area (Å²) in [7, 11) is 0. The second kappa shape index (κ2) is 9.33. The quantitative estimate of drug-likeness (QED) is 0.657. The summed E-state index contributed by atoms with van der Waals surface area (Å²) in [4.78, 5) is 17.4. The third-order valence-corrected chi connectivity index (χ3v) is 5.24. The maximum absolute atomic E-state index is 13.2. The van der Waals surface area contributed by atoms with Gasteiger partial charge in [0.1, 0.15) is 5.82 Å². The third-order valence-electron chi connectivity index (χ3n) is 5.24. The van der Waals surface area contributed by atoms with E-state index in [4.69, 9.17) is 4.52 Å². The molecule has 2 aromatic heterocycles. The molecule has 1 saturated heterocycles. The van der Waals surface area contributed by atoms with Crippen LogP contribution in [0.1, 0.15) is 35.3 Å². The number of nitrogens with one attached hydrogen (secondary N) is 2. The number of hydrogen-bond acceptors (Lipinski definition) is 5. The lowest BCUT2D eigenvalue weighted by Gasteiger charge is -2.22. The molecule has 1 aromatic carbocycles. The fourth-order valence-corrected chi connectivity index (χ4v) is 3.70. The van der Waals surface area contributed by atoms with E-state index in [-0.39, 0.29) is 24.1 Å². The molecule has 3 heterocycles. The van der Waals surface area contributed by atoms with Gasteiger partial charge >= 0.3 is 0 Å². The van der Waals surface area contributed by atoms with Gasteiger partial charge in [-0.05, 0) is 75.5 Å². The lowest BCUT2D eigenvalue weighted by molar-refractivity contribution is 0.0952. The molecule has 1 unspecified atom stereocenters. The van der Waals surface area contributed by atoms with Crippen molar-refractivity contribution in [1.29, 1.82) is 0 Å². The third kappa shape index (κ3) is 4.74. The second-order valence-corrected chi connectivity index (χ2v) is 7.27. The van der Waals surface area contributed by atoms with Crippen molar-refractivity contribution in [2.24, 2.45) is 5.92 Å². The normalized spacial score (nSPS) is 16.4. The fourth-order valence-electron chi connectivity index (χ4n) is 3.70. The van der Waals surface area contributed by atoms with Gasteiger partial charge in [-0.25, -0.2) is 9.37 Å². The van der Waals surface area contributed by atoms with Crippen LogP contribution in [0.2, 0.25) is 0 Å². The highest BCUT2D eigenvalue weighted by Gasteiger charge is 2.20. The summed E-state index contributed by atoms with van der Waals surface area (Å²) in [5.41, 5.74) is 2.66. The molecule has 1 atom stereocenters. The van der Waals surface area contributed by atoms with Gasteiger partial charge in [-0.3, -0.25) is 4.79 Å². The van der Waals surface area contributed by atoms with Gasteiger partial charge in [0.2, 0.25) is 0 Å². The van der Waals surface area contributed by atoms with Crippen LogP contribution in [0.15, 0.2) is 34.9 Å². The number of pyridine rings is 1. The predicted octanol–water partition coefficient (Wildman–Crippen LogP) is 3.88. The highest BCUT2D eigenvalue weighted by molar-refractivity contribution is 6.06. The fraction of sp³-hybridized carbons (Fsp3) is 0.381. The highest BCUT2D eigenvalue weighted by atomic mass is 35.5. The van der Waals surface area contributed by atoms with E-state index in [1.54, 1.807) is 25.1 Å². The van der Waals surface area contributed by atoms with Crippen molar-refractivity contribution in [3.63, 3.8) is 0 Å². The first-order chi connectivity index (χ1) is 13.6. The first-order valence-electron chi connectivity index (χ1n) is 9.63. The zero-order valence-corrected chi connectivity index (χ0v) is 17.0. The molecule has 8 heteroatoms. The first kappa shape index (κ1) is 21.2. The Morgan fingerprint density at radius 2 is 2.14 bits per heavy atom. The van der Waals surface area contributed by atoms with Crippen molar-refractivity contribution >= 4 is 29.4 Å². The van der Waals surface area contributed by atoms with Gasteiger partial charge in [-0.1, -0.05) is 5.16 Å². The Bertz CT molecular complexity index is 984. The van der Waals surface area contributed by atoms with Crippen molar-refractivity contribution in [2.45, 2.75) is 26.2 Å². The molecule has 0 spiro atoms. The predicted molar refractivity (Wildman–Crippen MR) is 112 cm³/mol. The minimum atomic E-state index is -0.324. The number of aromatic nitrogens is 2. The number of carbonyl (C=O) groups excluding carboxylic acids is 1. The Hall–Kier alpha value is -2.51. The van der Waals surface area contributed by atoms with Crippen molar-refractivity contribution < 1.29 is 13.7 Å². The van der Waals surface area contributed by atoms with Crippen LogP contribution in [0.5, 0.6) is 0 Å². The number of carbonyl (C=O) groups is 1. The van der Waals surface area contributed by atoms with Gasteiger partial charge in [-0.15, -0.1) is 12.4 Å². The van der Waals surface area contributed by atoms with Crippen molar-refractivity contribution in [3.05, 3.63) is 47.4 Å². The highest BCUT2D eigenvalue weighted by Crippen LogP contribution is 2.27. The summed E-state index contributed by atoms with van der Waals surface area (Å²) in [5.74, 6) is 0.0972. The van der Waals surface area contributed by atoms with Crippen LogP contribution in [0.3, 0.4) is 0 Å². The molecule has 0 bridgehead atoms. The number of hydrogen-bond donors (Lipinski definition) is 2. The van der Waals surface area contributed by atoms with E-state index >= 15 is 0 Å². The molecule has 0 saturated carbocycles. The summed E-state index contributed by atoms with van der Waals surface area (Å²) < 4.78 is 18.5. The lowest BCUT2D eigenvalue weighted by Crippen LogP contribution is -2.33. The molecule has 0 aliphatic carbocycles. The molecule has 2 N–H and O–H groups in total. The van der Waals surface area contributed by atoms with E-state index in [1.165, 1.54) is 25.0 Å². The maximum atomic E-state index is 13.2. The number of halogens is 2. The topological polar surface area (TPSA) is 80.0 Å². The van der Waals surface area contributed by atoms with E-state index in [2.05, 4.69) is 20.8 Å². The lowest BCUT2D eigenvalue weighted by atomic mass is 9.96. The summed E-state index contributed by atoms with van der Waals surface area (Å²) in [5, 5.41) is 11.0. The number of rotatable bonds is 5. The minimum absolute atomic E-state index is 0. The van der Waals surface area contributed by atoms with Gasteiger partial charge in [0, 0.05) is 12.1 Å². The summed E-state index contributed by atoms with van der Waals surface area (Å²) >= 11 is 0. The van der Waals surface area contributed by atoms with E-state index in [9.17, 15) is 9.18 Å². The van der Waals surface area contributed by atoms with E-state index < -0.39 is 0 Å². The Morgan fingerprint density at radius 1 is 1.34 bits per heavy atom. The Labute approximate surface area is 174 Å². The minimum Gasteiger partial charge on any atom is -0.352 e. The molecule has 4 rings (SSSR count). The Kier molecular flexibility index (Phi) is 6.82. The number of piperidine rings is 1. The average Bonchev–Trinajstić information content (AvgIpc) is 3.09. The van der Waals surface area contributed by atoms with Gasteiger partial charge in [0.05, 0.1) is 22.3 Å². The number of aryl methyl sites for hydroxylation is 1. The van der Waals surface area contributed by atoms with Crippen LogP contribution in [0, 0.1) is 18.7 Å². The molecule has 29 heavy (non-hydrogen) atoms. The molecule has 1 aliphatic heterocycles.